The highest BCUT2D eigenvalue weighted by atomic mass is 31.2. The van der Waals surface area contributed by atoms with Gasteiger partial charge >= 0.3 is 7.60 Å². The molecular formula is C16H26NO3P. The number of benzene rings is 1. The molecule has 0 bridgehead atoms. The Bertz CT molecular complexity index is 470. The normalized spacial score (nSPS) is 23.0. The van der Waals surface area contributed by atoms with Gasteiger partial charge in [0.2, 0.25) is 0 Å². The third-order valence-corrected chi connectivity index (χ3v) is 6.18. The van der Waals surface area contributed by atoms with Gasteiger partial charge in [0, 0.05) is 12.6 Å². The first-order valence-electron chi connectivity index (χ1n) is 7.85. The van der Waals surface area contributed by atoms with Crippen LogP contribution < -0.4 is 0 Å². The molecule has 21 heavy (non-hydrogen) atoms. The summed E-state index contributed by atoms with van der Waals surface area (Å²) >= 11 is 0. The zero-order chi connectivity index (χ0) is 15.3. The largest absolute Gasteiger partial charge is 0.348 e. The number of rotatable bonds is 9. The van der Waals surface area contributed by atoms with Crippen LogP contribution in [0.3, 0.4) is 0 Å². The predicted octanol–water partition coefficient (Wildman–Crippen LogP) is 4.44. The van der Waals surface area contributed by atoms with E-state index in [2.05, 4.69) is 36.1 Å². The van der Waals surface area contributed by atoms with Crippen molar-refractivity contribution in [1.29, 1.82) is 0 Å². The van der Waals surface area contributed by atoms with E-state index in [4.69, 9.17) is 9.05 Å². The van der Waals surface area contributed by atoms with Gasteiger partial charge in [-0.25, -0.2) is 0 Å². The Morgan fingerprint density at radius 2 is 1.81 bits per heavy atom. The van der Waals surface area contributed by atoms with Crippen LogP contribution in [0.4, 0.5) is 0 Å². The summed E-state index contributed by atoms with van der Waals surface area (Å²) in [4.78, 5) is 2.25. The number of nitrogens with zero attached hydrogens (tertiary/aromatic N) is 1. The van der Waals surface area contributed by atoms with E-state index in [1.165, 1.54) is 5.56 Å². The van der Waals surface area contributed by atoms with Crippen molar-refractivity contribution in [1.82, 2.24) is 4.90 Å². The summed E-state index contributed by atoms with van der Waals surface area (Å²) in [5.41, 5.74) is 1.28. The lowest BCUT2D eigenvalue weighted by atomic mass is 10.0. The van der Waals surface area contributed by atoms with Crippen molar-refractivity contribution >= 4 is 7.60 Å². The van der Waals surface area contributed by atoms with Crippen molar-refractivity contribution < 1.29 is 13.6 Å². The Labute approximate surface area is 128 Å². The van der Waals surface area contributed by atoms with Crippen LogP contribution in [-0.4, -0.2) is 30.4 Å². The summed E-state index contributed by atoms with van der Waals surface area (Å²) in [5.74, 6) is -0.0887. The lowest BCUT2D eigenvalue weighted by Crippen LogP contribution is -2.14. The van der Waals surface area contributed by atoms with E-state index in [-0.39, 0.29) is 5.78 Å². The fraction of sp³-hybridized carbons (Fsp3) is 0.625. The molecule has 0 saturated carbocycles. The van der Waals surface area contributed by atoms with Gasteiger partial charge in [0.15, 0.2) is 0 Å². The molecule has 1 heterocycles. The van der Waals surface area contributed by atoms with E-state index >= 15 is 0 Å². The molecule has 0 radical (unpaired) electrons. The molecule has 4 nitrogen and oxygen atoms in total. The second kappa shape index (κ2) is 7.55. The second-order valence-electron chi connectivity index (χ2n) is 5.27. The van der Waals surface area contributed by atoms with Gasteiger partial charge in [0.1, 0.15) is 5.78 Å². The van der Waals surface area contributed by atoms with E-state index in [0.717, 1.165) is 19.4 Å². The molecule has 1 aromatic carbocycles. The summed E-state index contributed by atoms with van der Waals surface area (Å²) in [6.07, 6.45) is 2.15. The summed E-state index contributed by atoms with van der Waals surface area (Å²) in [7, 11) is -3.01. The average Bonchev–Trinajstić information content (AvgIpc) is 3.27. The highest BCUT2D eigenvalue weighted by Gasteiger charge is 2.53. The summed E-state index contributed by atoms with van der Waals surface area (Å²) in [6.45, 7) is 7.53. The van der Waals surface area contributed by atoms with Crippen molar-refractivity contribution in [3.05, 3.63) is 35.9 Å². The molecule has 0 N–H and O–H groups in total. The van der Waals surface area contributed by atoms with Gasteiger partial charge in [0.25, 0.3) is 0 Å². The average molecular weight is 311 g/mol. The molecule has 0 aromatic heterocycles. The first-order chi connectivity index (χ1) is 10.2. The standard InChI is InChI=1S/C16H26NO3P/c1-4-10-15(14-11-8-7-9-12-14)17-13-16(17)21(18,19-5-2)20-6-3/h7-9,11-12,15-16H,4-6,10,13H2,1-3H3/t15-,16+,17?/m1/s1. The molecule has 0 aliphatic carbocycles. The second-order valence-corrected chi connectivity index (χ2v) is 7.46. The van der Waals surface area contributed by atoms with Crippen LogP contribution in [-0.2, 0) is 13.6 Å². The molecule has 2 rings (SSSR count). The van der Waals surface area contributed by atoms with Crippen LogP contribution >= 0.6 is 7.60 Å². The highest BCUT2D eigenvalue weighted by molar-refractivity contribution is 7.55. The van der Waals surface area contributed by atoms with Gasteiger partial charge in [-0.05, 0) is 25.8 Å². The minimum atomic E-state index is -3.01. The maximum Gasteiger partial charge on any atom is 0.348 e. The van der Waals surface area contributed by atoms with E-state index in [1.54, 1.807) is 0 Å². The predicted molar refractivity (Wildman–Crippen MR) is 85.4 cm³/mol. The topological polar surface area (TPSA) is 38.5 Å². The molecular weight excluding hydrogens is 285 g/mol. The van der Waals surface area contributed by atoms with Crippen molar-refractivity contribution in [3.63, 3.8) is 0 Å². The maximum atomic E-state index is 12.8. The summed E-state index contributed by atoms with van der Waals surface area (Å²) in [5, 5.41) is 0. The Kier molecular flexibility index (Phi) is 6.00. The lowest BCUT2D eigenvalue weighted by Gasteiger charge is -2.22. The van der Waals surface area contributed by atoms with Gasteiger partial charge in [-0.3, -0.25) is 9.46 Å². The number of hydrogen-bond acceptors (Lipinski definition) is 4. The monoisotopic (exact) mass is 311 g/mol. The summed E-state index contributed by atoms with van der Waals surface area (Å²) in [6, 6.07) is 10.7. The van der Waals surface area contributed by atoms with Gasteiger partial charge in [-0.15, -0.1) is 0 Å². The molecule has 1 aliphatic heterocycles. The molecule has 1 unspecified atom stereocenters. The van der Waals surface area contributed by atoms with Gasteiger partial charge in [-0.1, -0.05) is 43.7 Å². The van der Waals surface area contributed by atoms with Gasteiger partial charge in [-0.2, -0.15) is 0 Å². The quantitative estimate of drug-likeness (QED) is 0.499. The zero-order valence-corrected chi connectivity index (χ0v) is 14.1. The van der Waals surface area contributed by atoms with Crippen molar-refractivity contribution in [2.75, 3.05) is 19.8 Å². The Morgan fingerprint density at radius 3 is 2.33 bits per heavy atom. The van der Waals surface area contributed by atoms with E-state index in [9.17, 15) is 4.57 Å². The molecule has 1 aromatic rings. The molecule has 1 fully saturated rings. The number of hydrogen-bond donors (Lipinski definition) is 0. The van der Waals surface area contributed by atoms with Crippen molar-refractivity contribution in [2.45, 2.75) is 45.4 Å². The molecule has 118 valence electrons. The lowest BCUT2D eigenvalue weighted by molar-refractivity contribution is 0.210. The first kappa shape index (κ1) is 16.7. The molecule has 0 amide bonds. The van der Waals surface area contributed by atoms with Crippen LogP contribution in [0.25, 0.3) is 0 Å². The summed E-state index contributed by atoms with van der Waals surface area (Å²) < 4.78 is 23.8. The van der Waals surface area contributed by atoms with Crippen LogP contribution in [0.15, 0.2) is 30.3 Å². The smallest absolute Gasteiger partial charge is 0.308 e. The highest BCUT2D eigenvalue weighted by Crippen LogP contribution is 2.61. The fourth-order valence-electron chi connectivity index (χ4n) is 2.80. The third-order valence-electron chi connectivity index (χ3n) is 3.75. The third kappa shape index (κ3) is 3.95. The van der Waals surface area contributed by atoms with Crippen LogP contribution in [0.2, 0.25) is 0 Å². The first-order valence-corrected chi connectivity index (χ1v) is 9.46. The van der Waals surface area contributed by atoms with Crippen LogP contribution in [0.5, 0.6) is 0 Å². The van der Waals surface area contributed by atoms with Gasteiger partial charge in [0.05, 0.1) is 13.2 Å². The van der Waals surface area contributed by atoms with Crippen molar-refractivity contribution in [3.8, 4) is 0 Å². The Morgan fingerprint density at radius 1 is 1.19 bits per heavy atom. The van der Waals surface area contributed by atoms with Crippen LogP contribution in [0, 0.1) is 0 Å². The van der Waals surface area contributed by atoms with Crippen molar-refractivity contribution in [2.24, 2.45) is 0 Å². The van der Waals surface area contributed by atoms with Crippen LogP contribution in [0.1, 0.15) is 45.2 Å². The molecule has 0 spiro atoms. The Hall–Kier alpha value is -0.670. The zero-order valence-electron chi connectivity index (χ0n) is 13.2. The minimum Gasteiger partial charge on any atom is -0.308 e. The van der Waals surface area contributed by atoms with E-state index in [0.29, 0.717) is 19.3 Å². The van der Waals surface area contributed by atoms with E-state index < -0.39 is 7.60 Å². The molecule has 3 atom stereocenters. The fourth-order valence-corrected chi connectivity index (χ4v) is 4.85. The molecule has 5 heteroatoms. The minimum absolute atomic E-state index is 0.0887. The molecule has 1 aliphatic rings. The SMILES string of the molecule is CCC[C@H](c1ccccc1)N1C[C@@H]1P(=O)(OCC)OCC. The Balaban J connectivity index is 2.12. The molecule has 1 saturated heterocycles. The maximum absolute atomic E-state index is 12.8. The van der Waals surface area contributed by atoms with E-state index in [1.807, 2.05) is 19.9 Å². The van der Waals surface area contributed by atoms with Gasteiger partial charge < -0.3 is 9.05 Å².